The molecule has 7 rings (SSSR count). The molecule has 3 aromatic carbocycles. The molecule has 0 radical (unpaired) electrons. The Kier molecular flexibility index (Phi) is 4.49. The highest BCUT2D eigenvalue weighted by molar-refractivity contribution is 5.88. The van der Waals surface area contributed by atoms with Crippen LogP contribution in [-0.4, -0.2) is 35.9 Å². The normalized spacial score (nSPS) is 12.4. The Morgan fingerprint density at radius 3 is 2.56 bits per heavy atom. The van der Waals surface area contributed by atoms with E-state index in [1.807, 2.05) is 89.0 Å². The molecule has 176 valence electrons. The van der Waals surface area contributed by atoms with E-state index in [4.69, 9.17) is 24.4 Å². The maximum atomic E-state index is 5.53. The zero-order valence-corrected chi connectivity index (χ0v) is 19.2. The molecule has 3 aromatic heterocycles. The van der Waals surface area contributed by atoms with Gasteiger partial charge in [0.2, 0.25) is 18.7 Å². The van der Waals surface area contributed by atoms with Crippen molar-refractivity contribution in [3.05, 3.63) is 79.1 Å². The molecule has 10 heteroatoms. The summed E-state index contributed by atoms with van der Waals surface area (Å²) < 4.78 is 14.9. The number of para-hydroxylation sites is 3. The van der Waals surface area contributed by atoms with Gasteiger partial charge in [-0.2, -0.15) is 9.97 Å². The van der Waals surface area contributed by atoms with Crippen LogP contribution in [0.5, 0.6) is 11.5 Å². The second kappa shape index (κ2) is 7.98. The summed E-state index contributed by atoms with van der Waals surface area (Å²) in [6.07, 6.45) is 1.75. The minimum atomic E-state index is 0.212. The average molecular weight is 477 g/mol. The van der Waals surface area contributed by atoms with E-state index in [2.05, 4.69) is 15.6 Å². The Balaban J connectivity index is 1.35. The van der Waals surface area contributed by atoms with E-state index in [9.17, 15) is 0 Å². The molecule has 0 amide bonds. The van der Waals surface area contributed by atoms with E-state index in [-0.39, 0.29) is 6.79 Å². The maximum absolute atomic E-state index is 5.53. The third-order valence-corrected chi connectivity index (χ3v) is 6.08. The summed E-state index contributed by atoms with van der Waals surface area (Å²) in [5.74, 6) is 2.97. The first-order valence-electron chi connectivity index (χ1n) is 11.4. The molecule has 0 unspecified atom stereocenters. The number of imidazole rings is 2. The van der Waals surface area contributed by atoms with Crippen molar-refractivity contribution in [2.24, 2.45) is 7.05 Å². The number of hydrogen-bond donors (Lipinski definition) is 2. The Morgan fingerprint density at radius 1 is 0.833 bits per heavy atom. The largest absolute Gasteiger partial charge is 0.454 e. The van der Waals surface area contributed by atoms with Crippen molar-refractivity contribution in [3.8, 4) is 17.2 Å². The second-order valence-corrected chi connectivity index (χ2v) is 8.32. The molecule has 0 bridgehead atoms. The first kappa shape index (κ1) is 20.3. The minimum Gasteiger partial charge on any atom is -0.454 e. The van der Waals surface area contributed by atoms with Gasteiger partial charge in [0, 0.05) is 24.5 Å². The Bertz CT molecular complexity index is 1740. The lowest BCUT2D eigenvalue weighted by Gasteiger charge is -2.11. The molecule has 2 N–H and O–H groups in total. The molecule has 4 heterocycles. The van der Waals surface area contributed by atoms with Crippen LogP contribution in [0.1, 0.15) is 0 Å². The van der Waals surface area contributed by atoms with Gasteiger partial charge in [0.25, 0.3) is 0 Å². The molecular formula is C26H20N8O2. The third kappa shape index (κ3) is 3.35. The van der Waals surface area contributed by atoms with Gasteiger partial charge in [-0.25, -0.2) is 9.97 Å². The Morgan fingerprint density at radius 2 is 1.67 bits per heavy atom. The fourth-order valence-electron chi connectivity index (χ4n) is 4.29. The van der Waals surface area contributed by atoms with Gasteiger partial charge in [-0.05, 0) is 36.4 Å². The predicted octanol–water partition coefficient (Wildman–Crippen LogP) is 4.92. The summed E-state index contributed by atoms with van der Waals surface area (Å²) in [6, 6.07) is 23.6. The number of fused-ring (bicyclic) bond motifs is 3. The van der Waals surface area contributed by atoms with E-state index in [1.54, 1.807) is 6.33 Å². The number of nitrogens with zero attached hydrogens (tertiary/aromatic N) is 6. The van der Waals surface area contributed by atoms with E-state index >= 15 is 0 Å². The average Bonchev–Trinajstić information content (AvgIpc) is 3.62. The minimum absolute atomic E-state index is 0.212. The van der Waals surface area contributed by atoms with Crippen molar-refractivity contribution in [1.82, 2.24) is 29.1 Å². The van der Waals surface area contributed by atoms with E-state index in [1.165, 1.54) is 0 Å². The zero-order chi connectivity index (χ0) is 24.1. The van der Waals surface area contributed by atoms with Crippen molar-refractivity contribution in [1.29, 1.82) is 0 Å². The van der Waals surface area contributed by atoms with E-state index in [0.717, 1.165) is 22.4 Å². The van der Waals surface area contributed by atoms with Crippen LogP contribution in [-0.2, 0) is 7.05 Å². The molecule has 0 fully saturated rings. The van der Waals surface area contributed by atoms with E-state index < -0.39 is 0 Å². The first-order chi connectivity index (χ1) is 17.7. The van der Waals surface area contributed by atoms with Crippen molar-refractivity contribution >= 4 is 45.6 Å². The number of ether oxygens (including phenoxy) is 2. The number of aromatic nitrogens is 6. The highest BCUT2D eigenvalue weighted by Crippen LogP contribution is 2.36. The van der Waals surface area contributed by atoms with E-state index in [0.29, 0.717) is 40.4 Å². The second-order valence-electron chi connectivity index (χ2n) is 8.32. The number of rotatable bonds is 5. The Hall–Kier alpha value is -5.12. The smallest absolute Gasteiger partial charge is 0.233 e. The van der Waals surface area contributed by atoms with Gasteiger partial charge in [-0.3, -0.25) is 9.88 Å². The van der Waals surface area contributed by atoms with Crippen LogP contribution in [0, 0.1) is 0 Å². The number of benzene rings is 3. The van der Waals surface area contributed by atoms with Crippen LogP contribution < -0.4 is 20.1 Å². The standard InChI is InChI=1S/C26H20N8O2/c1-33-19-10-6-5-9-18(19)29-26(33)32-25-30-23(28-16-11-12-20-21(13-16)36-15-35-20)22-24(31-25)34(14-27-22)17-7-3-2-4-8-17/h2-14H,15H2,1H3,(H2,28,29,30,31,32). The molecule has 0 saturated carbocycles. The first-order valence-corrected chi connectivity index (χ1v) is 11.4. The molecule has 1 aliphatic rings. The third-order valence-electron chi connectivity index (χ3n) is 6.08. The van der Waals surface area contributed by atoms with Gasteiger partial charge in [0.1, 0.15) is 6.33 Å². The maximum Gasteiger partial charge on any atom is 0.233 e. The van der Waals surface area contributed by atoms with Gasteiger partial charge in [0.15, 0.2) is 28.5 Å². The molecular weight excluding hydrogens is 456 g/mol. The summed E-state index contributed by atoms with van der Waals surface area (Å²) in [5.41, 5.74) is 4.92. The molecule has 36 heavy (non-hydrogen) atoms. The van der Waals surface area contributed by atoms with Crippen LogP contribution in [0.15, 0.2) is 79.1 Å². The lowest BCUT2D eigenvalue weighted by molar-refractivity contribution is 0.174. The van der Waals surface area contributed by atoms with Crippen molar-refractivity contribution in [2.75, 3.05) is 17.4 Å². The fourth-order valence-corrected chi connectivity index (χ4v) is 4.29. The van der Waals surface area contributed by atoms with Crippen LogP contribution in [0.2, 0.25) is 0 Å². The number of anilines is 4. The predicted molar refractivity (Wildman–Crippen MR) is 137 cm³/mol. The van der Waals surface area contributed by atoms with Crippen molar-refractivity contribution in [3.63, 3.8) is 0 Å². The molecule has 10 nitrogen and oxygen atoms in total. The molecule has 0 aliphatic carbocycles. The molecule has 0 saturated heterocycles. The lowest BCUT2D eigenvalue weighted by atomic mass is 10.2. The molecule has 0 spiro atoms. The summed E-state index contributed by atoms with van der Waals surface area (Å²) in [6.45, 7) is 0.212. The highest BCUT2D eigenvalue weighted by atomic mass is 16.7. The van der Waals surface area contributed by atoms with Gasteiger partial charge < -0.3 is 19.4 Å². The Labute approximate surface area is 205 Å². The monoisotopic (exact) mass is 476 g/mol. The summed E-state index contributed by atoms with van der Waals surface area (Å²) in [5, 5.41) is 6.67. The molecule has 0 atom stereocenters. The van der Waals surface area contributed by atoms with Gasteiger partial charge in [-0.15, -0.1) is 0 Å². The van der Waals surface area contributed by atoms with Crippen LogP contribution in [0.4, 0.5) is 23.4 Å². The van der Waals surface area contributed by atoms with Gasteiger partial charge in [0.05, 0.1) is 11.0 Å². The number of aryl methyl sites for hydroxylation is 1. The van der Waals surface area contributed by atoms with Crippen molar-refractivity contribution < 1.29 is 9.47 Å². The molecule has 1 aliphatic heterocycles. The fraction of sp³-hybridized carbons (Fsp3) is 0.0769. The highest BCUT2D eigenvalue weighted by Gasteiger charge is 2.18. The van der Waals surface area contributed by atoms with Crippen LogP contribution >= 0.6 is 0 Å². The number of hydrogen-bond acceptors (Lipinski definition) is 8. The summed E-state index contributed by atoms with van der Waals surface area (Å²) in [4.78, 5) is 18.9. The topological polar surface area (TPSA) is 104 Å². The van der Waals surface area contributed by atoms with Crippen LogP contribution in [0.25, 0.3) is 27.9 Å². The van der Waals surface area contributed by atoms with Crippen molar-refractivity contribution in [2.45, 2.75) is 0 Å². The SMILES string of the molecule is Cn1c(Nc2nc(Nc3ccc4c(c3)OCO4)c3ncn(-c4ccccc4)c3n2)nc2ccccc21. The lowest BCUT2D eigenvalue weighted by Crippen LogP contribution is -2.06. The summed E-state index contributed by atoms with van der Waals surface area (Å²) in [7, 11) is 1.95. The quantitative estimate of drug-likeness (QED) is 0.361. The van der Waals surface area contributed by atoms with Gasteiger partial charge >= 0.3 is 0 Å². The zero-order valence-electron chi connectivity index (χ0n) is 19.2. The summed E-state index contributed by atoms with van der Waals surface area (Å²) >= 11 is 0. The molecule has 6 aromatic rings. The van der Waals surface area contributed by atoms with Crippen LogP contribution in [0.3, 0.4) is 0 Å². The number of nitrogens with one attached hydrogen (secondary N) is 2. The van der Waals surface area contributed by atoms with Gasteiger partial charge in [-0.1, -0.05) is 30.3 Å².